The Morgan fingerprint density at radius 2 is 1.75 bits per heavy atom. The van der Waals surface area contributed by atoms with Crippen molar-refractivity contribution < 1.29 is 31.1 Å². The highest BCUT2D eigenvalue weighted by molar-refractivity contribution is 7.91. The van der Waals surface area contributed by atoms with Crippen LogP contribution < -0.4 is 10.1 Å². The maximum atomic E-state index is 12.6. The topological polar surface area (TPSA) is 98.2 Å². The summed E-state index contributed by atoms with van der Waals surface area (Å²) in [6.45, 7) is 0. The maximum Gasteiger partial charge on any atom is 0.433 e. The summed E-state index contributed by atoms with van der Waals surface area (Å²) >= 11 is 0. The van der Waals surface area contributed by atoms with E-state index in [2.05, 4.69) is 15.3 Å². The molecule has 32 heavy (non-hydrogen) atoms. The first kappa shape index (κ1) is 22.0. The molecule has 7 nitrogen and oxygen atoms in total. The van der Waals surface area contributed by atoms with Gasteiger partial charge in [0.25, 0.3) is 5.91 Å². The molecule has 168 valence electrons. The Morgan fingerprint density at radius 1 is 1.03 bits per heavy atom. The lowest BCUT2D eigenvalue weighted by Crippen LogP contribution is -2.41. The molecule has 0 unspecified atom stereocenters. The Balaban J connectivity index is 1.44. The predicted molar refractivity (Wildman–Crippen MR) is 110 cm³/mol. The second-order valence-corrected chi connectivity index (χ2v) is 9.73. The average Bonchev–Trinajstić information content (AvgIpc) is 2.74. The van der Waals surface area contributed by atoms with Crippen molar-refractivity contribution in [3.05, 3.63) is 60.0 Å². The number of amides is 1. The lowest BCUT2D eigenvalue weighted by atomic mass is 10.1. The molecular formula is C21H18F3N3O4S. The van der Waals surface area contributed by atoms with Gasteiger partial charge in [-0.15, -0.1) is 0 Å². The summed E-state index contributed by atoms with van der Waals surface area (Å²) in [4.78, 5) is 20.2. The molecule has 0 bridgehead atoms. The molecule has 1 aliphatic heterocycles. The van der Waals surface area contributed by atoms with Crippen LogP contribution in [0.3, 0.4) is 0 Å². The van der Waals surface area contributed by atoms with Crippen molar-refractivity contribution in [3.8, 4) is 11.5 Å². The quantitative estimate of drug-likeness (QED) is 0.630. The van der Waals surface area contributed by atoms with Crippen LogP contribution in [0.15, 0.2) is 48.7 Å². The third kappa shape index (κ3) is 5.16. The van der Waals surface area contributed by atoms with Gasteiger partial charge in [-0.1, -0.05) is 6.07 Å². The van der Waals surface area contributed by atoms with Crippen molar-refractivity contribution in [3.63, 3.8) is 0 Å². The number of aromatic nitrogens is 2. The molecule has 1 fully saturated rings. The molecule has 1 aromatic carbocycles. The molecule has 0 atom stereocenters. The number of alkyl halides is 3. The third-order valence-corrected chi connectivity index (χ3v) is 6.76. The lowest BCUT2D eigenvalue weighted by molar-refractivity contribution is -0.141. The Kier molecular flexibility index (Phi) is 5.76. The number of pyridine rings is 2. The van der Waals surface area contributed by atoms with E-state index in [1.807, 2.05) is 0 Å². The van der Waals surface area contributed by atoms with Gasteiger partial charge in [0.2, 0.25) is 0 Å². The van der Waals surface area contributed by atoms with Gasteiger partial charge in [0.05, 0.1) is 23.2 Å². The van der Waals surface area contributed by atoms with E-state index >= 15 is 0 Å². The van der Waals surface area contributed by atoms with Gasteiger partial charge in [0.15, 0.2) is 0 Å². The fraction of sp³-hybridized carbons (Fsp3) is 0.286. The van der Waals surface area contributed by atoms with E-state index in [1.165, 1.54) is 6.07 Å². The highest BCUT2D eigenvalue weighted by Gasteiger charge is 2.32. The molecule has 2 aromatic heterocycles. The van der Waals surface area contributed by atoms with E-state index in [0.29, 0.717) is 29.5 Å². The molecule has 1 aliphatic rings. The molecule has 1 N–H and O–H groups in total. The van der Waals surface area contributed by atoms with Gasteiger partial charge < -0.3 is 10.1 Å². The Morgan fingerprint density at radius 3 is 2.41 bits per heavy atom. The van der Waals surface area contributed by atoms with Gasteiger partial charge >= 0.3 is 6.18 Å². The molecule has 1 amide bonds. The summed E-state index contributed by atoms with van der Waals surface area (Å²) in [5, 5.41) is 3.49. The van der Waals surface area contributed by atoms with Crippen LogP contribution in [0.1, 0.15) is 29.0 Å². The minimum atomic E-state index is -4.52. The Labute approximate surface area is 181 Å². The van der Waals surface area contributed by atoms with Gasteiger partial charge in [-0.2, -0.15) is 13.2 Å². The van der Waals surface area contributed by atoms with Crippen molar-refractivity contribution in [1.82, 2.24) is 15.3 Å². The summed E-state index contributed by atoms with van der Waals surface area (Å²) in [7, 11) is -3.01. The number of rotatable bonds is 4. The predicted octanol–water partition coefficient (Wildman–Crippen LogP) is 3.75. The zero-order chi connectivity index (χ0) is 22.9. The number of nitrogens with one attached hydrogen (secondary N) is 1. The van der Waals surface area contributed by atoms with Crippen LogP contribution in [0.4, 0.5) is 13.2 Å². The standard InChI is InChI=1S/C21H18F3N3O4S/c22-21(23,24)19-6-3-16(12-25-19)31-15-2-5-17-13(11-15)1-4-18(27-17)20(28)26-14-7-9-32(29,30)10-8-14/h1-6,11-12,14H,7-10H2,(H,26,28). The van der Waals surface area contributed by atoms with Crippen LogP contribution in [-0.4, -0.2) is 41.8 Å². The number of carbonyl (C=O) groups is 1. The largest absolute Gasteiger partial charge is 0.456 e. The molecule has 3 heterocycles. The molecule has 0 radical (unpaired) electrons. The third-order valence-electron chi connectivity index (χ3n) is 5.05. The Hall–Kier alpha value is -3.21. The minimum Gasteiger partial charge on any atom is -0.456 e. The zero-order valence-electron chi connectivity index (χ0n) is 16.6. The van der Waals surface area contributed by atoms with Crippen LogP contribution in [0.25, 0.3) is 10.9 Å². The summed E-state index contributed by atoms with van der Waals surface area (Å²) < 4.78 is 66.4. The summed E-state index contributed by atoms with van der Waals surface area (Å²) in [6, 6.07) is 9.89. The van der Waals surface area contributed by atoms with Crippen molar-refractivity contribution in [2.45, 2.75) is 25.1 Å². The number of halogens is 3. The van der Waals surface area contributed by atoms with E-state index in [0.717, 1.165) is 12.3 Å². The van der Waals surface area contributed by atoms with E-state index in [9.17, 15) is 26.4 Å². The highest BCUT2D eigenvalue weighted by atomic mass is 32.2. The molecule has 0 spiro atoms. The molecule has 0 aliphatic carbocycles. The van der Waals surface area contributed by atoms with Crippen molar-refractivity contribution >= 4 is 26.6 Å². The van der Waals surface area contributed by atoms with E-state index in [1.54, 1.807) is 30.3 Å². The normalized spacial score (nSPS) is 16.6. The van der Waals surface area contributed by atoms with Crippen molar-refractivity contribution in [2.24, 2.45) is 0 Å². The van der Waals surface area contributed by atoms with Gasteiger partial charge in [-0.05, 0) is 49.2 Å². The number of ether oxygens (including phenoxy) is 1. The minimum absolute atomic E-state index is 0.0559. The monoisotopic (exact) mass is 465 g/mol. The zero-order valence-corrected chi connectivity index (χ0v) is 17.4. The summed E-state index contributed by atoms with van der Waals surface area (Å²) in [6.07, 6.45) is -2.77. The van der Waals surface area contributed by atoms with Crippen molar-refractivity contribution in [1.29, 1.82) is 0 Å². The first-order valence-electron chi connectivity index (χ1n) is 9.72. The van der Waals surface area contributed by atoms with E-state index in [-0.39, 0.29) is 34.9 Å². The first-order chi connectivity index (χ1) is 15.1. The number of fused-ring (bicyclic) bond motifs is 1. The van der Waals surface area contributed by atoms with E-state index < -0.39 is 21.7 Å². The molecule has 11 heteroatoms. The van der Waals surface area contributed by atoms with Crippen LogP contribution >= 0.6 is 0 Å². The summed E-state index contributed by atoms with van der Waals surface area (Å²) in [5.41, 5.74) is -0.276. The van der Waals surface area contributed by atoms with Gasteiger partial charge in [-0.25, -0.2) is 18.4 Å². The smallest absolute Gasteiger partial charge is 0.433 e. The second kappa shape index (κ2) is 8.38. The number of carbonyl (C=O) groups excluding carboxylic acids is 1. The molecule has 0 saturated carbocycles. The Bertz CT molecular complexity index is 1250. The number of sulfone groups is 1. The van der Waals surface area contributed by atoms with Crippen LogP contribution in [0.5, 0.6) is 11.5 Å². The van der Waals surface area contributed by atoms with Crippen LogP contribution in [0, 0.1) is 0 Å². The molecule has 1 saturated heterocycles. The fourth-order valence-corrected chi connectivity index (χ4v) is 4.82. The average molecular weight is 465 g/mol. The molecule has 3 aromatic rings. The highest BCUT2D eigenvalue weighted by Crippen LogP contribution is 2.30. The van der Waals surface area contributed by atoms with E-state index in [4.69, 9.17) is 4.74 Å². The SMILES string of the molecule is O=C(NC1CCS(=O)(=O)CC1)c1ccc2cc(Oc3ccc(C(F)(F)F)nc3)ccc2n1. The number of nitrogens with zero attached hydrogens (tertiary/aromatic N) is 2. The van der Waals surface area contributed by atoms with Gasteiger partial charge in [0.1, 0.15) is 32.7 Å². The first-order valence-corrected chi connectivity index (χ1v) is 11.5. The van der Waals surface area contributed by atoms with Crippen LogP contribution in [0.2, 0.25) is 0 Å². The second-order valence-electron chi connectivity index (χ2n) is 7.43. The maximum absolute atomic E-state index is 12.6. The molecule has 4 rings (SSSR count). The number of benzene rings is 1. The fourth-order valence-electron chi connectivity index (χ4n) is 3.33. The summed E-state index contributed by atoms with van der Waals surface area (Å²) in [5.74, 6) is 0.255. The van der Waals surface area contributed by atoms with Gasteiger partial charge in [0, 0.05) is 11.4 Å². The lowest BCUT2D eigenvalue weighted by Gasteiger charge is -2.22. The number of hydrogen-bond acceptors (Lipinski definition) is 6. The van der Waals surface area contributed by atoms with Crippen LogP contribution in [-0.2, 0) is 16.0 Å². The van der Waals surface area contributed by atoms with Crippen molar-refractivity contribution in [2.75, 3.05) is 11.5 Å². The number of hydrogen-bond donors (Lipinski definition) is 1. The molecular weight excluding hydrogens is 447 g/mol. The van der Waals surface area contributed by atoms with Gasteiger partial charge in [-0.3, -0.25) is 4.79 Å².